The highest BCUT2D eigenvalue weighted by atomic mass is 32.2. The van der Waals surface area contributed by atoms with Crippen LogP contribution >= 0.6 is 0 Å². The molecule has 1 aliphatic carbocycles. The summed E-state index contributed by atoms with van der Waals surface area (Å²) in [6.07, 6.45) is 5.28. The van der Waals surface area contributed by atoms with E-state index in [4.69, 9.17) is 9.57 Å². The predicted octanol–water partition coefficient (Wildman–Crippen LogP) is 3.09. The van der Waals surface area contributed by atoms with E-state index in [2.05, 4.69) is 9.98 Å². The summed E-state index contributed by atoms with van der Waals surface area (Å²) in [7, 11) is -9.96. The van der Waals surface area contributed by atoms with Gasteiger partial charge in [-0.2, -0.15) is 16.8 Å². The minimum absolute atomic E-state index is 0.00468. The van der Waals surface area contributed by atoms with Crippen LogP contribution in [-0.4, -0.2) is 59.8 Å². The van der Waals surface area contributed by atoms with Crippen LogP contribution < -0.4 is 19.9 Å². The zero-order valence-electron chi connectivity index (χ0n) is 30.8. The molecule has 17 heteroatoms. The van der Waals surface area contributed by atoms with E-state index in [-0.39, 0.29) is 53.3 Å². The van der Waals surface area contributed by atoms with E-state index < -0.39 is 58.6 Å². The van der Waals surface area contributed by atoms with Gasteiger partial charge in [0.25, 0.3) is 37.9 Å². The van der Waals surface area contributed by atoms with Gasteiger partial charge in [0.05, 0.1) is 23.5 Å². The molecule has 3 aromatic rings. The van der Waals surface area contributed by atoms with Crippen LogP contribution in [0.15, 0.2) is 39.3 Å². The maximum Gasteiger partial charge on any atom is 0.333 e. The van der Waals surface area contributed by atoms with Crippen LogP contribution in [-0.2, 0) is 63.3 Å². The summed E-state index contributed by atoms with van der Waals surface area (Å²) < 4.78 is 83.0. The van der Waals surface area contributed by atoms with E-state index in [1.54, 1.807) is 18.5 Å². The van der Waals surface area contributed by atoms with E-state index in [0.29, 0.717) is 70.9 Å². The van der Waals surface area contributed by atoms with Crippen molar-refractivity contribution in [2.24, 2.45) is 10.9 Å². The number of aromatic amines is 1. The number of hydrogen-bond donors (Lipinski definition) is 3. The highest BCUT2D eigenvalue weighted by Crippen LogP contribution is 2.52. The molecule has 2 aromatic carbocycles. The molecule has 3 N–H and O–H groups in total. The SMILES string of the molecule is CC1Cc2c(cc3c(c2S(=O)(=O)O)Oc2c(S(=O)(=O)O)c4c(cc2=C3c2[nH]cc[n+]2CCCCCC(=O)ON2C(=O)CCC2=O)C(C)(C)C(C)N=4)C1(C)C. The zero-order chi connectivity index (χ0) is 39.3. The van der Waals surface area contributed by atoms with Crippen molar-refractivity contribution >= 4 is 43.6 Å². The number of carbonyl (C=O) groups excluding carboxylic acids is 3. The predicted molar refractivity (Wildman–Crippen MR) is 190 cm³/mol. The lowest BCUT2D eigenvalue weighted by Crippen LogP contribution is -2.39. The normalized spacial score (nSPS) is 21.0. The lowest BCUT2D eigenvalue weighted by atomic mass is 9.78. The smallest absolute Gasteiger partial charge is 0.333 e. The number of ether oxygens (including phenoxy) is 1. The highest BCUT2D eigenvalue weighted by Gasteiger charge is 2.46. The molecule has 288 valence electrons. The largest absolute Gasteiger partial charge is 0.453 e. The third kappa shape index (κ3) is 6.05. The first-order valence-corrected chi connectivity index (χ1v) is 20.8. The zero-order valence-corrected chi connectivity index (χ0v) is 32.5. The van der Waals surface area contributed by atoms with E-state index in [1.165, 1.54) is 0 Å². The fourth-order valence-corrected chi connectivity index (χ4v) is 9.68. The molecule has 0 radical (unpaired) electrons. The Morgan fingerprint density at radius 2 is 1.63 bits per heavy atom. The second-order valence-electron chi connectivity index (χ2n) is 15.7. The number of carbonyl (C=O) groups is 3. The summed E-state index contributed by atoms with van der Waals surface area (Å²) in [5, 5.41) is 0.826. The average molecular weight is 784 g/mol. The molecule has 0 spiro atoms. The van der Waals surface area contributed by atoms with Crippen LogP contribution in [0.3, 0.4) is 0 Å². The summed E-state index contributed by atoms with van der Waals surface area (Å²) >= 11 is 0. The quantitative estimate of drug-likeness (QED) is 0.0920. The molecule has 2 amide bonds. The number of H-pyrrole nitrogens is 1. The number of rotatable bonds is 10. The van der Waals surface area contributed by atoms with Crippen molar-refractivity contribution in [3.8, 4) is 11.5 Å². The molecule has 0 bridgehead atoms. The van der Waals surface area contributed by atoms with Crippen molar-refractivity contribution in [2.45, 2.75) is 120 Å². The summed E-state index contributed by atoms with van der Waals surface area (Å²) in [6, 6.07) is 3.25. The molecule has 54 heavy (non-hydrogen) atoms. The molecule has 4 heterocycles. The van der Waals surface area contributed by atoms with Gasteiger partial charge in [0.15, 0.2) is 16.4 Å². The number of hydrogen-bond acceptors (Lipinski definition) is 10. The molecule has 15 nitrogen and oxygen atoms in total. The highest BCUT2D eigenvalue weighted by molar-refractivity contribution is 7.86. The van der Waals surface area contributed by atoms with Crippen molar-refractivity contribution in [1.82, 2.24) is 10.0 Å². The van der Waals surface area contributed by atoms with Crippen LogP contribution in [0.2, 0.25) is 0 Å². The Morgan fingerprint density at radius 3 is 2.28 bits per heavy atom. The maximum atomic E-state index is 13.3. The topological polar surface area (TPSA) is 214 Å². The van der Waals surface area contributed by atoms with Gasteiger partial charge in [-0.25, -0.2) is 14.3 Å². The van der Waals surface area contributed by atoms with Gasteiger partial charge in [0.1, 0.15) is 17.3 Å². The minimum atomic E-state index is -5.02. The van der Waals surface area contributed by atoms with Crippen LogP contribution in [0.1, 0.15) is 108 Å². The van der Waals surface area contributed by atoms with Gasteiger partial charge in [-0.15, -0.1) is 5.06 Å². The van der Waals surface area contributed by atoms with Crippen molar-refractivity contribution in [1.29, 1.82) is 0 Å². The van der Waals surface area contributed by atoms with Gasteiger partial charge in [-0.1, -0.05) is 34.6 Å². The average Bonchev–Trinajstić information content (AvgIpc) is 3.77. The summed E-state index contributed by atoms with van der Waals surface area (Å²) in [4.78, 5) is 47.8. The Morgan fingerprint density at radius 1 is 0.963 bits per heavy atom. The fraction of sp³-hybridized carbons (Fsp3) is 0.486. The molecule has 3 aliphatic heterocycles. The minimum Gasteiger partial charge on any atom is -0.453 e. The number of nitrogens with zero attached hydrogens (tertiary/aromatic N) is 3. The Bertz CT molecular complexity index is 2500. The maximum absolute atomic E-state index is 13.3. The molecule has 2 atom stereocenters. The van der Waals surface area contributed by atoms with Gasteiger partial charge >= 0.3 is 5.97 Å². The van der Waals surface area contributed by atoms with E-state index in [9.17, 15) is 40.3 Å². The van der Waals surface area contributed by atoms with Gasteiger partial charge in [0, 0.05) is 35.5 Å². The molecule has 0 saturated carbocycles. The molecule has 2 unspecified atom stereocenters. The van der Waals surface area contributed by atoms with Crippen molar-refractivity contribution < 1.29 is 54.5 Å². The molecule has 1 saturated heterocycles. The first-order valence-electron chi connectivity index (χ1n) is 17.9. The summed E-state index contributed by atoms with van der Waals surface area (Å²) in [5.41, 5.74) is 1.17. The third-order valence-corrected chi connectivity index (χ3v) is 13.6. The van der Waals surface area contributed by atoms with Crippen molar-refractivity contribution in [3.63, 3.8) is 0 Å². The fourth-order valence-electron chi connectivity index (χ4n) is 8.00. The molecular weight excluding hydrogens is 741 g/mol. The molecule has 7 rings (SSSR count). The van der Waals surface area contributed by atoms with Crippen LogP contribution in [0, 0.1) is 5.92 Å². The van der Waals surface area contributed by atoms with Gasteiger partial charge in [0.2, 0.25) is 0 Å². The van der Waals surface area contributed by atoms with Crippen molar-refractivity contribution in [3.05, 3.63) is 63.2 Å². The van der Waals surface area contributed by atoms with E-state index in [0.717, 1.165) is 0 Å². The Kier molecular flexibility index (Phi) is 8.98. The number of imide groups is 1. The monoisotopic (exact) mass is 783 g/mol. The second kappa shape index (κ2) is 12.8. The number of nitrogens with one attached hydrogen (secondary N) is 1. The molecule has 1 aromatic heterocycles. The van der Waals surface area contributed by atoms with Gasteiger partial charge < -0.3 is 9.57 Å². The van der Waals surface area contributed by atoms with Gasteiger partial charge in [-0.3, -0.25) is 23.7 Å². The Labute approximate surface area is 312 Å². The first kappa shape index (κ1) is 37.8. The molecule has 1 fully saturated rings. The number of unbranched alkanes of at least 4 members (excludes halogenated alkanes) is 2. The number of fused-ring (bicyclic) bond motifs is 4. The number of hydroxylamine groups is 2. The number of benzene rings is 2. The van der Waals surface area contributed by atoms with E-state index in [1.807, 2.05) is 52.2 Å². The Hall–Kier alpha value is -4.45. The lowest BCUT2D eigenvalue weighted by Gasteiger charge is -2.29. The summed E-state index contributed by atoms with van der Waals surface area (Å²) in [6.45, 7) is 12.1. The first-order chi connectivity index (χ1) is 25.1. The van der Waals surface area contributed by atoms with E-state index >= 15 is 0 Å². The lowest BCUT2D eigenvalue weighted by molar-refractivity contribution is -0.698. The summed E-state index contributed by atoms with van der Waals surface area (Å²) in [5.74, 6) is -1.91. The number of aromatic nitrogens is 2. The van der Waals surface area contributed by atoms with Crippen LogP contribution in [0.25, 0.3) is 5.57 Å². The van der Waals surface area contributed by atoms with Gasteiger partial charge in [-0.05, 0) is 72.8 Å². The number of imidazole rings is 1. The molecular formula is C37H43N4O11S2+. The number of amides is 2. The second-order valence-corrected chi connectivity index (χ2v) is 18.4. The Balaban J connectivity index is 1.37. The molecule has 4 aliphatic rings. The standard InChI is InChI=1S/C37H42N4O11S2/c1-19-16-21-24(36(19,3)4)17-22-29(35-38-13-15-40(35)14-9-7-8-10-28(44)52-41-26(42)11-12-27(41)43)23-18-25-30(39-20(2)37(25,5)6)34(54(48,49)50)32(23)51-31(22)33(21)53(45,46)47/h13,15,17-20H,7-12,14,16H2,1-6H3,(H2,45,46,47,48,49,50)/p+1. The van der Waals surface area contributed by atoms with Crippen LogP contribution in [0.5, 0.6) is 11.5 Å². The van der Waals surface area contributed by atoms with Crippen molar-refractivity contribution in [2.75, 3.05) is 0 Å². The number of aryl methyl sites for hydroxylation is 1. The van der Waals surface area contributed by atoms with Crippen LogP contribution in [0.4, 0.5) is 0 Å². The third-order valence-electron chi connectivity index (χ3n) is 11.8.